The van der Waals surface area contributed by atoms with Gasteiger partial charge in [0.15, 0.2) is 0 Å². The average Bonchev–Trinajstić information content (AvgIpc) is 2.88. The highest BCUT2D eigenvalue weighted by Gasteiger charge is 1.90. The Kier molecular flexibility index (Phi) is 26.6. The van der Waals surface area contributed by atoms with Gasteiger partial charge in [-0.2, -0.15) is 0 Å². The van der Waals surface area contributed by atoms with Crippen molar-refractivity contribution in [3.63, 3.8) is 0 Å². The zero-order valence-corrected chi connectivity index (χ0v) is 22.8. The molecule has 0 spiro atoms. The second-order valence-corrected chi connectivity index (χ2v) is 6.41. The first kappa shape index (κ1) is 35.1. The largest absolute Gasteiger partial charge is 0.257 e. The Morgan fingerprint density at radius 1 is 0.529 bits per heavy atom. The van der Waals surface area contributed by atoms with Gasteiger partial charge in [-0.05, 0) is 63.1 Å². The maximum Gasteiger partial charge on any atom is 0.0624 e. The number of aliphatic imine (C=N–C) groups is 2. The highest BCUT2D eigenvalue weighted by atomic mass is 14.7. The van der Waals surface area contributed by atoms with Gasteiger partial charge in [-0.3, -0.25) is 9.98 Å². The van der Waals surface area contributed by atoms with Gasteiger partial charge in [-0.1, -0.05) is 114 Å². The Balaban J connectivity index is -0.00000227. The summed E-state index contributed by atoms with van der Waals surface area (Å²) in [5, 5.41) is 0. The van der Waals surface area contributed by atoms with E-state index in [0.29, 0.717) is 0 Å². The second kappa shape index (κ2) is 25.7. The topological polar surface area (TPSA) is 24.7 Å². The lowest BCUT2D eigenvalue weighted by Gasteiger charge is -1.96. The van der Waals surface area contributed by atoms with Crippen molar-refractivity contribution < 1.29 is 0 Å². The van der Waals surface area contributed by atoms with Crippen LogP contribution in [0.25, 0.3) is 0 Å². The minimum Gasteiger partial charge on any atom is -0.257 e. The first-order valence-corrected chi connectivity index (χ1v) is 11.8. The van der Waals surface area contributed by atoms with Gasteiger partial charge in [0, 0.05) is 12.4 Å². The van der Waals surface area contributed by atoms with Crippen LogP contribution in [0.5, 0.6) is 0 Å². The van der Waals surface area contributed by atoms with Crippen LogP contribution >= 0.6 is 0 Å². The van der Waals surface area contributed by atoms with E-state index in [4.69, 9.17) is 0 Å². The molecule has 2 nitrogen and oxygen atoms in total. The number of hydrogen-bond acceptors (Lipinski definition) is 2. The predicted octanol–water partition coefficient (Wildman–Crippen LogP) is 10.0. The van der Waals surface area contributed by atoms with E-state index in [1.165, 1.54) is 0 Å². The van der Waals surface area contributed by atoms with Crippen LogP contribution in [0.4, 0.5) is 0 Å². The molecular weight excluding hydrogens is 412 g/mol. The highest BCUT2D eigenvalue weighted by Crippen LogP contribution is 2.05. The summed E-state index contributed by atoms with van der Waals surface area (Å²) in [4.78, 5) is 8.91. The molecule has 0 aromatic rings. The minimum absolute atomic E-state index is 0.744. The Morgan fingerprint density at radius 2 is 1.00 bits per heavy atom. The molecule has 0 radical (unpaired) electrons. The summed E-state index contributed by atoms with van der Waals surface area (Å²) in [5.41, 5.74) is 5.63. The van der Waals surface area contributed by atoms with Gasteiger partial charge in [0.25, 0.3) is 0 Å². The predicted molar refractivity (Wildman–Crippen MR) is 161 cm³/mol. The molecule has 0 aliphatic heterocycles. The van der Waals surface area contributed by atoms with E-state index >= 15 is 0 Å². The molecule has 0 amide bonds. The van der Waals surface area contributed by atoms with E-state index in [0.717, 1.165) is 33.7 Å². The summed E-state index contributed by atoms with van der Waals surface area (Å²) in [6, 6.07) is 0. The van der Waals surface area contributed by atoms with Crippen molar-refractivity contribution in [2.45, 2.75) is 55.4 Å². The molecule has 0 atom stereocenters. The van der Waals surface area contributed by atoms with Crippen molar-refractivity contribution in [2.75, 3.05) is 0 Å². The lowest BCUT2D eigenvalue weighted by atomic mass is 10.2. The van der Waals surface area contributed by atoms with Crippen LogP contribution in [0.1, 0.15) is 55.4 Å². The standard InChI is InChI=1S/C28H34N2.2C2H6/c1-9-14-24(7)15-18-26(11-3)22-30-28(13-5)20-17-25(8)21-29-27(12-4)19-16-23(6)10-2;2*1-2/h9-22H,2-5H2,1,6-8H3;2*1-2H3/b14-9-,23-16-,24-15-,25-17+,26-18+,27-19+,28-20+,29-21+,30-22+;;. The van der Waals surface area contributed by atoms with Crippen LogP contribution in [0.2, 0.25) is 0 Å². The molecule has 0 heterocycles. The third kappa shape index (κ3) is 20.4. The van der Waals surface area contributed by atoms with Gasteiger partial charge >= 0.3 is 0 Å². The molecule has 2 heteroatoms. The molecule has 0 saturated heterocycles. The summed E-state index contributed by atoms with van der Waals surface area (Å²) >= 11 is 0. The molecule has 0 aromatic heterocycles. The molecule has 0 fully saturated rings. The molecule has 0 N–H and O–H groups in total. The van der Waals surface area contributed by atoms with E-state index < -0.39 is 0 Å². The van der Waals surface area contributed by atoms with Crippen molar-refractivity contribution in [1.82, 2.24) is 0 Å². The van der Waals surface area contributed by atoms with Crippen LogP contribution in [0.3, 0.4) is 0 Å². The van der Waals surface area contributed by atoms with Crippen LogP contribution < -0.4 is 0 Å². The number of rotatable bonds is 12. The van der Waals surface area contributed by atoms with Gasteiger partial charge < -0.3 is 0 Å². The van der Waals surface area contributed by atoms with E-state index in [9.17, 15) is 0 Å². The fraction of sp³-hybridized carbons (Fsp3) is 0.250. The zero-order chi connectivity index (χ0) is 26.8. The molecule has 0 aromatic carbocycles. The Bertz CT molecular complexity index is 889. The molecular formula is C32H46N2. The molecule has 34 heavy (non-hydrogen) atoms. The van der Waals surface area contributed by atoms with Crippen LogP contribution in [-0.2, 0) is 0 Å². The Labute approximate surface area is 210 Å². The maximum atomic E-state index is 4.48. The van der Waals surface area contributed by atoms with Gasteiger partial charge in [0.1, 0.15) is 0 Å². The van der Waals surface area contributed by atoms with E-state index in [1.807, 2.05) is 104 Å². The van der Waals surface area contributed by atoms with Gasteiger partial charge in [0.2, 0.25) is 0 Å². The van der Waals surface area contributed by atoms with E-state index in [2.05, 4.69) is 36.3 Å². The van der Waals surface area contributed by atoms with Crippen LogP contribution in [0, 0.1) is 0 Å². The normalized spacial score (nSPS) is 13.9. The molecule has 0 aliphatic rings. The van der Waals surface area contributed by atoms with Gasteiger partial charge in [0.05, 0.1) is 11.4 Å². The van der Waals surface area contributed by atoms with Gasteiger partial charge in [-0.15, -0.1) is 0 Å². The Morgan fingerprint density at radius 3 is 1.44 bits per heavy atom. The third-order valence-corrected chi connectivity index (χ3v) is 3.76. The summed E-state index contributed by atoms with van der Waals surface area (Å²) in [6.07, 6.45) is 26.3. The first-order valence-electron chi connectivity index (χ1n) is 11.8. The van der Waals surface area contributed by atoms with Gasteiger partial charge in [-0.25, -0.2) is 0 Å². The third-order valence-electron chi connectivity index (χ3n) is 3.76. The quantitative estimate of drug-likeness (QED) is 0.205. The average molecular weight is 459 g/mol. The number of nitrogens with zero attached hydrogens (tertiary/aromatic N) is 2. The van der Waals surface area contributed by atoms with Crippen LogP contribution in [-0.4, -0.2) is 12.4 Å². The van der Waals surface area contributed by atoms with E-state index in [1.54, 1.807) is 36.7 Å². The smallest absolute Gasteiger partial charge is 0.0624 e. The molecule has 184 valence electrons. The summed E-state index contributed by atoms with van der Waals surface area (Å²) in [5.74, 6) is 0. The fourth-order valence-electron chi connectivity index (χ4n) is 1.91. The second-order valence-electron chi connectivity index (χ2n) is 6.41. The van der Waals surface area contributed by atoms with Crippen molar-refractivity contribution >= 4 is 12.4 Å². The summed E-state index contributed by atoms with van der Waals surface area (Å²) in [6.45, 7) is 31.2. The molecule has 0 saturated carbocycles. The summed E-state index contributed by atoms with van der Waals surface area (Å²) < 4.78 is 0. The number of hydrogen-bond donors (Lipinski definition) is 0. The van der Waals surface area contributed by atoms with Crippen molar-refractivity contribution in [1.29, 1.82) is 0 Å². The van der Waals surface area contributed by atoms with Crippen molar-refractivity contribution in [2.24, 2.45) is 9.98 Å². The number of allylic oxidation sites excluding steroid dienone is 16. The molecule has 0 aliphatic carbocycles. The summed E-state index contributed by atoms with van der Waals surface area (Å²) in [7, 11) is 0. The highest BCUT2D eigenvalue weighted by molar-refractivity contribution is 5.83. The molecule has 0 bridgehead atoms. The van der Waals surface area contributed by atoms with Crippen LogP contribution in [0.15, 0.2) is 143 Å². The first-order chi connectivity index (χ1) is 16.4. The van der Waals surface area contributed by atoms with Crippen molar-refractivity contribution in [3.8, 4) is 0 Å². The molecule has 0 unspecified atom stereocenters. The fourth-order valence-corrected chi connectivity index (χ4v) is 1.91. The SMILES string of the molecule is C=C\C(C)=C/C=C(C=C)/N=C/C(C)=C/C=C(C=C)/N=C/C(C=C)=C/C=C(C)\C=C/C.CC.CC. The Hall–Kier alpha value is -3.52. The lowest BCUT2D eigenvalue weighted by molar-refractivity contribution is 1.39. The molecule has 0 rings (SSSR count). The monoisotopic (exact) mass is 458 g/mol. The van der Waals surface area contributed by atoms with E-state index in [-0.39, 0.29) is 0 Å². The minimum atomic E-state index is 0.744. The lowest BCUT2D eigenvalue weighted by Crippen LogP contribution is -1.82. The van der Waals surface area contributed by atoms with Crippen molar-refractivity contribution in [3.05, 3.63) is 133 Å². The zero-order valence-electron chi connectivity index (χ0n) is 22.8. The maximum absolute atomic E-state index is 4.48.